The van der Waals surface area contributed by atoms with Crippen molar-refractivity contribution in [2.24, 2.45) is 0 Å². The number of aryl methyl sites for hydroxylation is 2. The number of benzene rings is 1. The number of hydrogen-bond acceptors (Lipinski definition) is 8. The minimum absolute atomic E-state index is 0.202. The standard InChI is InChI=1S/C24H26N6O3S2/c1-6-16(19(31)27-24-29-28-21(35-24)12(2)3)30-11-25-22-17(23(30)33)14(5)18(34-22)20(32)26-15-10-8-7-9-13(15)4/h7-12,16H,6H2,1-5H3,(H,26,32)(H,27,29,31). The molecule has 1 aromatic carbocycles. The van der Waals surface area contributed by atoms with E-state index in [4.69, 9.17) is 0 Å². The van der Waals surface area contributed by atoms with Crippen LogP contribution in [-0.4, -0.2) is 31.6 Å². The van der Waals surface area contributed by atoms with Crippen LogP contribution in [0, 0.1) is 13.8 Å². The predicted molar refractivity (Wildman–Crippen MR) is 140 cm³/mol. The molecule has 11 heteroatoms. The highest BCUT2D eigenvalue weighted by molar-refractivity contribution is 7.20. The molecule has 2 N–H and O–H groups in total. The third-order valence-electron chi connectivity index (χ3n) is 5.67. The van der Waals surface area contributed by atoms with Crippen LogP contribution < -0.4 is 16.2 Å². The van der Waals surface area contributed by atoms with Crippen molar-refractivity contribution in [2.45, 2.75) is 53.0 Å². The van der Waals surface area contributed by atoms with E-state index in [1.165, 1.54) is 22.2 Å². The third kappa shape index (κ3) is 4.87. The fourth-order valence-electron chi connectivity index (χ4n) is 3.68. The summed E-state index contributed by atoms with van der Waals surface area (Å²) in [6, 6.07) is 6.70. The molecule has 0 aliphatic heterocycles. The number of para-hydroxylation sites is 1. The summed E-state index contributed by atoms with van der Waals surface area (Å²) in [5.74, 6) is -0.464. The molecule has 2 amide bonds. The molecule has 4 rings (SSSR count). The number of fused-ring (bicyclic) bond motifs is 1. The van der Waals surface area contributed by atoms with Crippen molar-refractivity contribution < 1.29 is 9.59 Å². The third-order valence-corrected chi connectivity index (χ3v) is 8.00. The lowest BCUT2D eigenvalue weighted by atomic mass is 10.1. The van der Waals surface area contributed by atoms with E-state index < -0.39 is 6.04 Å². The Kier molecular flexibility index (Phi) is 7.08. The van der Waals surface area contributed by atoms with Crippen LogP contribution in [0.1, 0.15) is 65.0 Å². The zero-order chi connectivity index (χ0) is 25.3. The fourth-order valence-corrected chi connectivity index (χ4v) is 5.47. The number of thiophene rings is 1. The monoisotopic (exact) mass is 510 g/mol. The van der Waals surface area contributed by atoms with Gasteiger partial charge in [-0.15, -0.1) is 21.5 Å². The number of hydrogen-bond donors (Lipinski definition) is 2. The molecule has 0 aliphatic carbocycles. The molecular weight excluding hydrogens is 484 g/mol. The molecule has 3 heterocycles. The molecule has 0 saturated heterocycles. The van der Waals surface area contributed by atoms with Gasteiger partial charge in [0, 0.05) is 11.6 Å². The number of amides is 2. The molecule has 0 radical (unpaired) electrons. The minimum atomic E-state index is -0.783. The van der Waals surface area contributed by atoms with Gasteiger partial charge in [-0.05, 0) is 37.5 Å². The zero-order valence-electron chi connectivity index (χ0n) is 20.1. The largest absolute Gasteiger partial charge is 0.321 e. The predicted octanol–water partition coefficient (Wildman–Crippen LogP) is 4.89. The van der Waals surface area contributed by atoms with Gasteiger partial charge in [0.1, 0.15) is 15.9 Å². The van der Waals surface area contributed by atoms with Gasteiger partial charge < -0.3 is 5.32 Å². The van der Waals surface area contributed by atoms with Crippen molar-refractivity contribution in [1.29, 1.82) is 0 Å². The van der Waals surface area contributed by atoms with E-state index in [-0.39, 0.29) is 23.3 Å². The van der Waals surface area contributed by atoms with Crippen LogP contribution in [0.15, 0.2) is 35.4 Å². The summed E-state index contributed by atoms with van der Waals surface area (Å²) >= 11 is 2.47. The number of nitrogens with one attached hydrogen (secondary N) is 2. The Hall–Kier alpha value is -3.44. The number of rotatable bonds is 7. The Balaban J connectivity index is 1.64. The maximum atomic E-state index is 13.4. The van der Waals surface area contributed by atoms with E-state index in [2.05, 4.69) is 25.8 Å². The minimum Gasteiger partial charge on any atom is -0.321 e. The second-order valence-electron chi connectivity index (χ2n) is 8.48. The Morgan fingerprint density at radius 2 is 1.83 bits per heavy atom. The molecule has 0 saturated carbocycles. The van der Waals surface area contributed by atoms with Crippen LogP contribution in [0.3, 0.4) is 0 Å². The topological polar surface area (TPSA) is 119 Å². The van der Waals surface area contributed by atoms with Crippen molar-refractivity contribution >= 4 is 55.5 Å². The smallest absolute Gasteiger partial charge is 0.266 e. The average molecular weight is 511 g/mol. The van der Waals surface area contributed by atoms with Crippen LogP contribution in [0.4, 0.5) is 10.8 Å². The average Bonchev–Trinajstić information content (AvgIpc) is 3.42. The lowest BCUT2D eigenvalue weighted by Crippen LogP contribution is -2.33. The van der Waals surface area contributed by atoms with Gasteiger partial charge >= 0.3 is 0 Å². The zero-order valence-corrected chi connectivity index (χ0v) is 21.7. The Morgan fingerprint density at radius 3 is 2.49 bits per heavy atom. The van der Waals surface area contributed by atoms with Crippen LogP contribution in [0.25, 0.3) is 10.2 Å². The van der Waals surface area contributed by atoms with Gasteiger partial charge in [0.05, 0.1) is 16.6 Å². The van der Waals surface area contributed by atoms with Crippen molar-refractivity contribution in [3.63, 3.8) is 0 Å². The summed E-state index contributed by atoms with van der Waals surface area (Å²) in [6.45, 7) is 9.46. The molecule has 0 bridgehead atoms. The number of nitrogens with zero attached hydrogens (tertiary/aromatic N) is 4. The van der Waals surface area contributed by atoms with Crippen LogP contribution >= 0.6 is 22.7 Å². The van der Waals surface area contributed by atoms with E-state index in [0.29, 0.717) is 37.9 Å². The first-order chi connectivity index (χ1) is 16.7. The number of carbonyl (C=O) groups excluding carboxylic acids is 2. The van der Waals surface area contributed by atoms with Gasteiger partial charge in [0.15, 0.2) is 0 Å². The summed E-state index contributed by atoms with van der Waals surface area (Å²) in [5.41, 5.74) is 1.83. The van der Waals surface area contributed by atoms with Gasteiger partial charge in [-0.2, -0.15) is 0 Å². The molecule has 0 spiro atoms. The second-order valence-corrected chi connectivity index (χ2v) is 10.5. The first kappa shape index (κ1) is 24.7. The molecule has 182 valence electrons. The summed E-state index contributed by atoms with van der Waals surface area (Å²) in [6.07, 6.45) is 1.75. The number of aromatic nitrogens is 4. The van der Waals surface area contributed by atoms with E-state index in [0.717, 1.165) is 21.9 Å². The Morgan fingerprint density at radius 1 is 1.09 bits per heavy atom. The first-order valence-corrected chi connectivity index (χ1v) is 12.9. The summed E-state index contributed by atoms with van der Waals surface area (Å²) in [5, 5.41) is 15.3. The first-order valence-electron chi connectivity index (χ1n) is 11.2. The molecule has 0 fully saturated rings. The normalized spacial score (nSPS) is 12.2. The molecular formula is C24H26N6O3S2. The van der Waals surface area contributed by atoms with Gasteiger partial charge in [-0.3, -0.25) is 24.3 Å². The molecule has 1 unspecified atom stereocenters. The van der Waals surface area contributed by atoms with E-state index in [1.807, 2.05) is 52.0 Å². The summed E-state index contributed by atoms with van der Waals surface area (Å²) < 4.78 is 1.32. The molecule has 9 nitrogen and oxygen atoms in total. The van der Waals surface area contributed by atoms with Crippen molar-refractivity contribution in [3.05, 3.63) is 62.0 Å². The Bertz CT molecular complexity index is 1470. The molecule has 35 heavy (non-hydrogen) atoms. The maximum Gasteiger partial charge on any atom is 0.266 e. The number of carbonyl (C=O) groups is 2. The summed E-state index contributed by atoms with van der Waals surface area (Å²) in [4.78, 5) is 44.7. The highest BCUT2D eigenvalue weighted by atomic mass is 32.1. The van der Waals surface area contributed by atoms with E-state index >= 15 is 0 Å². The van der Waals surface area contributed by atoms with Crippen LogP contribution in [0.2, 0.25) is 0 Å². The van der Waals surface area contributed by atoms with Crippen molar-refractivity contribution in [1.82, 2.24) is 19.7 Å². The van der Waals surface area contributed by atoms with Crippen LogP contribution in [0.5, 0.6) is 0 Å². The quantitative estimate of drug-likeness (QED) is 0.365. The fraction of sp³-hybridized carbons (Fsp3) is 0.333. The maximum absolute atomic E-state index is 13.4. The summed E-state index contributed by atoms with van der Waals surface area (Å²) in [7, 11) is 0. The SMILES string of the molecule is CCC(C(=O)Nc1nnc(C(C)C)s1)n1cnc2sc(C(=O)Nc3ccccc3C)c(C)c2c1=O. The molecule has 1 atom stereocenters. The lowest BCUT2D eigenvalue weighted by molar-refractivity contribution is -0.119. The molecule has 0 aliphatic rings. The highest BCUT2D eigenvalue weighted by Crippen LogP contribution is 2.29. The molecule has 4 aromatic rings. The van der Waals surface area contributed by atoms with Gasteiger partial charge in [0.25, 0.3) is 11.5 Å². The second kappa shape index (κ2) is 10.0. The lowest BCUT2D eigenvalue weighted by Gasteiger charge is -2.16. The van der Waals surface area contributed by atoms with Gasteiger partial charge in [-0.25, -0.2) is 4.98 Å². The van der Waals surface area contributed by atoms with Crippen LogP contribution in [-0.2, 0) is 4.79 Å². The van der Waals surface area contributed by atoms with E-state index in [1.54, 1.807) is 6.92 Å². The number of anilines is 2. The van der Waals surface area contributed by atoms with E-state index in [9.17, 15) is 14.4 Å². The van der Waals surface area contributed by atoms with Crippen molar-refractivity contribution in [3.8, 4) is 0 Å². The Labute approximate surface area is 210 Å². The highest BCUT2D eigenvalue weighted by Gasteiger charge is 2.25. The van der Waals surface area contributed by atoms with Gasteiger partial charge in [-0.1, -0.05) is 50.3 Å². The molecule has 3 aromatic heterocycles. The van der Waals surface area contributed by atoms with Gasteiger partial charge in [0.2, 0.25) is 11.0 Å². The van der Waals surface area contributed by atoms with Crippen molar-refractivity contribution in [2.75, 3.05) is 10.6 Å².